The van der Waals surface area contributed by atoms with E-state index in [1.54, 1.807) is 0 Å². The number of H-pyrrole nitrogens is 1. The number of rotatable bonds is 6. The Kier molecular flexibility index (Phi) is 5.20. The van der Waals surface area contributed by atoms with Crippen molar-refractivity contribution in [1.29, 1.82) is 0 Å². The summed E-state index contributed by atoms with van der Waals surface area (Å²) < 4.78 is 27.2. The van der Waals surface area contributed by atoms with Gasteiger partial charge in [0.05, 0.1) is 11.5 Å². The highest BCUT2D eigenvalue weighted by molar-refractivity contribution is 7.89. The fraction of sp³-hybridized carbons (Fsp3) is 0.692. The van der Waals surface area contributed by atoms with E-state index in [1.807, 2.05) is 0 Å². The maximum atomic E-state index is 12.2. The first-order valence-corrected chi connectivity index (χ1v) is 8.56. The molecule has 0 saturated carbocycles. The summed E-state index contributed by atoms with van der Waals surface area (Å²) in [6.45, 7) is 4.92. The van der Waals surface area contributed by atoms with Crippen LogP contribution in [0.2, 0.25) is 0 Å². The molecule has 7 heteroatoms. The van der Waals surface area contributed by atoms with Crippen LogP contribution in [0.3, 0.4) is 0 Å². The fourth-order valence-electron chi connectivity index (χ4n) is 2.54. The van der Waals surface area contributed by atoms with Crippen LogP contribution in [-0.4, -0.2) is 49.1 Å². The third-order valence-corrected chi connectivity index (χ3v) is 5.15. The largest absolute Gasteiger partial charge is 0.390 e. The molecule has 20 heavy (non-hydrogen) atoms. The Labute approximate surface area is 120 Å². The van der Waals surface area contributed by atoms with Crippen LogP contribution >= 0.6 is 0 Å². The molecule has 1 aliphatic rings. The minimum Gasteiger partial charge on any atom is -0.390 e. The summed E-state index contributed by atoms with van der Waals surface area (Å²) >= 11 is 0. The SMILES string of the molecule is CCCN1CCC(NS(=O)(=O)c2c[nH]c(CO)c2)CC1. The quantitative estimate of drug-likeness (QED) is 0.720. The number of aliphatic hydroxyl groups is 1. The Morgan fingerprint density at radius 2 is 2.15 bits per heavy atom. The third-order valence-electron chi connectivity index (χ3n) is 3.65. The van der Waals surface area contributed by atoms with Gasteiger partial charge in [0.2, 0.25) is 10.0 Å². The second-order valence-electron chi connectivity index (χ2n) is 5.26. The monoisotopic (exact) mass is 301 g/mol. The van der Waals surface area contributed by atoms with E-state index in [2.05, 4.69) is 21.5 Å². The molecule has 0 spiro atoms. The van der Waals surface area contributed by atoms with E-state index in [0.717, 1.165) is 38.9 Å². The van der Waals surface area contributed by atoms with Crippen molar-refractivity contribution in [3.63, 3.8) is 0 Å². The molecule has 1 aromatic heterocycles. The van der Waals surface area contributed by atoms with E-state index in [4.69, 9.17) is 5.11 Å². The number of nitrogens with one attached hydrogen (secondary N) is 2. The Bertz CT molecular complexity index is 519. The number of hydrogen-bond donors (Lipinski definition) is 3. The van der Waals surface area contributed by atoms with Crippen LogP contribution in [0.1, 0.15) is 31.9 Å². The van der Waals surface area contributed by atoms with E-state index < -0.39 is 10.0 Å². The molecule has 114 valence electrons. The number of likely N-dealkylation sites (tertiary alicyclic amines) is 1. The van der Waals surface area contributed by atoms with Gasteiger partial charge in [0.1, 0.15) is 0 Å². The number of piperidine rings is 1. The number of aromatic amines is 1. The van der Waals surface area contributed by atoms with Crippen LogP contribution in [0.5, 0.6) is 0 Å². The van der Waals surface area contributed by atoms with Crippen molar-refractivity contribution in [3.05, 3.63) is 18.0 Å². The molecule has 0 radical (unpaired) electrons. The topological polar surface area (TPSA) is 85.4 Å². The van der Waals surface area contributed by atoms with E-state index in [0.29, 0.717) is 5.69 Å². The summed E-state index contributed by atoms with van der Waals surface area (Å²) in [6, 6.07) is 1.47. The van der Waals surface area contributed by atoms with Crippen LogP contribution < -0.4 is 4.72 Å². The molecule has 0 aromatic carbocycles. The highest BCUT2D eigenvalue weighted by Gasteiger charge is 2.24. The van der Waals surface area contributed by atoms with Gasteiger partial charge in [-0.2, -0.15) is 0 Å². The minimum absolute atomic E-state index is 0.000539. The molecule has 1 fully saturated rings. The predicted molar refractivity (Wildman–Crippen MR) is 76.8 cm³/mol. The standard InChI is InChI=1S/C13H23N3O3S/c1-2-5-16-6-3-11(4-7-16)15-20(18,19)13-8-12(10-17)14-9-13/h8-9,11,14-15,17H,2-7,10H2,1H3. The summed E-state index contributed by atoms with van der Waals surface area (Å²) in [4.78, 5) is 5.30. The zero-order valence-corrected chi connectivity index (χ0v) is 12.6. The molecular formula is C13H23N3O3S. The van der Waals surface area contributed by atoms with E-state index in [1.165, 1.54) is 12.3 Å². The zero-order chi connectivity index (χ0) is 14.6. The molecule has 0 atom stereocenters. The first kappa shape index (κ1) is 15.5. The number of nitrogens with zero attached hydrogens (tertiary/aromatic N) is 1. The summed E-state index contributed by atoms with van der Waals surface area (Å²) in [5.74, 6) is 0. The van der Waals surface area contributed by atoms with Crippen molar-refractivity contribution in [1.82, 2.24) is 14.6 Å². The molecule has 0 unspecified atom stereocenters. The molecule has 1 saturated heterocycles. The first-order valence-electron chi connectivity index (χ1n) is 7.08. The smallest absolute Gasteiger partial charge is 0.242 e. The fourth-order valence-corrected chi connectivity index (χ4v) is 3.87. The summed E-state index contributed by atoms with van der Waals surface area (Å²) in [7, 11) is -3.49. The van der Waals surface area contributed by atoms with Gasteiger partial charge in [-0.1, -0.05) is 6.92 Å². The molecule has 0 bridgehead atoms. The second-order valence-corrected chi connectivity index (χ2v) is 6.97. The highest BCUT2D eigenvalue weighted by Crippen LogP contribution is 2.16. The molecule has 0 amide bonds. The Hall–Kier alpha value is -0.890. The predicted octanol–water partition coefficient (Wildman–Crippen LogP) is 0.660. The minimum atomic E-state index is -3.49. The second kappa shape index (κ2) is 6.71. The molecule has 2 heterocycles. The van der Waals surface area contributed by atoms with E-state index >= 15 is 0 Å². The maximum Gasteiger partial charge on any atom is 0.242 e. The van der Waals surface area contributed by atoms with Gasteiger partial charge in [0, 0.05) is 17.9 Å². The van der Waals surface area contributed by atoms with Gasteiger partial charge >= 0.3 is 0 Å². The van der Waals surface area contributed by atoms with Crippen LogP contribution in [0.4, 0.5) is 0 Å². The van der Waals surface area contributed by atoms with Crippen LogP contribution in [0, 0.1) is 0 Å². The average Bonchev–Trinajstić information content (AvgIpc) is 2.91. The van der Waals surface area contributed by atoms with Crippen molar-refractivity contribution in [2.75, 3.05) is 19.6 Å². The van der Waals surface area contributed by atoms with Crippen LogP contribution in [0.15, 0.2) is 17.2 Å². The van der Waals surface area contributed by atoms with Gasteiger partial charge < -0.3 is 15.0 Å². The van der Waals surface area contributed by atoms with Gasteiger partial charge in [-0.3, -0.25) is 0 Å². The van der Waals surface area contributed by atoms with Crippen LogP contribution in [0.25, 0.3) is 0 Å². The summed E-state index contributed by atoms with van der Waals surface area (Å²) in [5, 5.41) is 8.97. The third kappa shape index (κ3) is 3.82. The molecule has 1 aromatic rings. The normalized spacial score (nSPS) is 18.5. The molecular weight excluding hydrogens is 278 g/mol. The van der Waals surface area contributed by atoms with Gasteiger partial charge in [0.15, 0.2) is 0 Å². The van der Waals surface area contributed by atoms with Gasteiger partial charge in [-0.25, -0.2) is 13.1 Å². The molecule has 0 aliphatic carbocycles. The lowest BCUT2D eigenvalue weighted by molar-refractivity contribution is 0.208. The number of aliphatic hydroxyl groups excluding tert-OH is 1. The van der Waals surface area contributed by atoms with Crippen molar-refractivity contribution in [2.45, 2.75) is 43.7 Å². The number of aromatic nitrogens is 1. The van der Waals surface area contributed by atoms with Gasteiger partial charge in [0.25, 0.3) is 0 Å². The van der Waals surface area contributed by atoms with E-state index in [-0.39, 0.29) is 17.5 Å². The Balaban J connectivity index is 1.92. The molecule has 2 rings (SSSR count). The molecule has 1 aliphatic heterocycles. The summed E-state index contributed by atoms with van der Waals surface area (Å²) in [6.07, 6.45) is 4.23. The molecule has 3 N–H and O–H groups in total. The molecule has 6 nitrogen and oxygen atoms in total. The number of hydrogen-bond acceptors (Lipinski definition) is 4. The van der Waals surface area contributed by atoms with E-state index in [9.17, 15) is 8.42 Å². The first-order chi connectivity index (χ1) is 9.55. The van der Waals surface area contributed by atoms with Crippen molar-refractivity contribution in [3.8, 4) is 0 Å². The Morgan fingerprint density at radius 3 is 2.70 bits per heavy atom. The lowest BCUT2D eigenvalue weighted by atomic mass is 10.1. The number of sulfonamides is 1. The van der Waals surface area contributed by atoms with Gasteiger partial charge in [-0.15, -0.1) is 0 Å². The lowest BCUT2D eigenvalue weighted by Gasteiger charge is -2.31. The average molecular weight is 301 g/mol. The Morgan fingerprint density at radius 1 is 1.45 bits per heavy atom. The zero-order valence-electron chi connectivity index (χ0n) is 11.8. The van der Waals surface area contributed by atoms with Crippen molar-refractivity contribution >= 4 is 10.0 Å². The van der Waals surface area contributed by atoms with Gasteiger partial charge in [-0.05, 0) is 45.0 Å². The highest BCUT2D eigenvalue weighted by atomic mass is 32.2. The van der Waals surface area contributed by atoms with Crippen molar-refractivity contribution in [2.24, 2.45) is 0 Å². The lowest BCUT2D eigenvalue weighted by Crippen LogP contribution is -2.44. The van der Waals surface area contributed by atoms with Crippen molar-refractivity contribution < 1.29 is 13.5 Å². The summed E-state index contributed by atoms with van der Waals surface area (Å²) in [5.41, 5.74) is 0.503. The maximum absolute atomic E-state index is 12.2. The van der Waals surface area contributed by atoms with Crippen LogP contribution in [-0.2, 0) is 16.6 Å².